The van der Waals surface area contributed by atoms with Crippen molar-refractivity contribution in [3.63, 3.8) is 0 Å². The molecule has 0 spiro atoms. The lowest BCUT2D eigenvalue weighted by Crippen LogP contribution is -2.41. The van der Waals surface area contributed by atoms with E-state index >= 15 is 0 Å². The molecule has 19 heavy (non-hydrogen) atoms. The van der Waals surface area contributed by atoms with E-state index in [4.69, 9.17) is 22.4 Å². The third kappa shape index (κ3) is 4.92. The smallest absolute Gasteiger partial charge is 0.326 e. The quantitative estimate of drug-likeness (QED) is 0.644. The first-order chi connectivity index (χ1) is 8.90. The summed E-state index contributed by atoms with van der Waals surface area (Å²) in [6, 6.07) is 1.64. The Bertz CT molecular complexity index is 489. The van der Waals surface area contributed by atoms with Crippen molar-refractivity contribution in [1.82, 2.24) is 10.3 Å². The van der Waals surface area contributed by atoms with Crippen molar-refractivity contribution in [2.45, 2.75) is 18.9 Å². The number of nitrogens with two attached hydrogens (primary N) is 1. The summed E-state index contributed by atoms with van der Waals surface area (Å²) in [5, 5.41) is 11.4. The van der Waals surface area contributed by atoms with Gasteiger partial charge in [-0.1, -0.05) is 11.6 Å². The highest BCUT2D eigenvalue weighted by atomic mass is 35.5. The number of amides is 2. The van der Waals surface area contributed by atoms with Gasteiger partial charge in [0.05, 0.1) is 5.56 Å². The van der Waals surface area contributed by atoms with Gasteiger partial charge < -0.3 is 16.2 Å². The van der Waals surface area contributed by atoms with Gasteiger partial charge in [0.25, 0.3) is 5.91 Å². The fraction of sp³-hybridized carbons (Fsp3) is 0.273. The molecular weight excluding hydrogens is 274 g/mol. The fourth-order valence-corrected chi connectivity index (χ4v) is 1.41. The van der Waals surface area contributed by atoms with Crippen LogP contribution in [0.2, 0.25) is 5.15 Å². The van der Waals surface area contributed by atoms with E-state index < -0.39 is 23.8 Å². The summed E-state index contributed by atoms with van der Waals surface area (Å²) in [6.07, 6.45) is 1.03. The van der Waals surface area contributed by atoms with E-state index in [0.29, 0.717) is 0 Å². The molecule has 8 heteroatoms. The van der Waals surface area contributed by atoms with E-state index in [-0.39, 0.29) is 23.6 Å². The van der Waals surface area contributed by atoms with Crippen LogP contribution in [0.25, 0.3) is 0 Å². The normalized spacial score (nSPS) is 11.6. The Labute approximate surface area is 113 Å². The summed E-state index contributed by atoms with van der Waals surface area (Å²) in [4.78, 5) is 37.0. The van der Waals surface area contributed by atoms with E-state index in [2.05, 4.69) is 10.3 Å². The van der Waals surface area contributed by atoms with Gasteiger partial charge in [0.1, 0.15) is 11.2 Å². The molecule has 1 rings (SSSR count). The summed E-state index contributed by atoms with van der Waals surface area (Å²) >= 11 is 5.57. The van der Waals surface area contributed by atoms with Gasteiger partial charge in [-0.2, -0.15) is 0 Å². The molecule has 1 atom stereocenters. The van der Waals surface area contributed by atoms with Crippen LogP contribution < -0.4 is 11.1 Å². The third-order valence-electron chi connectivity index (χ3n) is 2.27. The van der Waals surface area contributed by atoms with Gasteiger partial charge in [-0.05, 0) is 18.6 Å². The number of carboxylic acids is 1. The minimum Gasteiger partial charge on any atom is -0.480 e. The minimum absolute atomic E-state index is 0.0720. The van der Waals surface area contributed by atoms with Crippen LogP contribution in [-0.2, 0) is 9.59 Å². The Morgan fingerprint density at radius 2 is 2.11 bits per heavy atom. The molecule has 0 unspecified atom stereocenters. The second kappa shape index (κ2) is 6.69. The molecule has 2 amide bonds. The lowest BCUT2D eigenvalue weighted by atomic mass is 10.1. The zero-order valence-electron chi connectivity index (χ0n) is 9.80. The van der Waals surface area contributed by atoms with E-state index in [1.807, 2.05) is 0 Å². The number of carbonyl (C=O) groups excluding carboxylic acids is 2. The Kier molecular flexibility index (Phi) is 5.25. The molecule has 1 aromatic heterocycles. The largest absolute Gasteiger partial charge is 0.480 e. The predicted octanol–water partition coefficient (Wildman–Crippen LogP) is 0.183. The van der Waals surface area contributed by atoms with Gasteiger partial charge >= 0.3 is 5.97 Å². The minimum atomic E-state index is -1.24. The molecule has 0 saturated carbocycles. The molecule has 0 aromatic carbocycles. The Balaban J connectivity index is 2.68. The zero-order chi connectivity index (χ0) is 14.4. The third-order valence-corrected chi connectivity index (χ3v) is 2.50. The molecule has 0 aliphatic rings. The molecule has 0 fully saturated rings. The number of rotatable bonds is 6. The number of aromatic nitrogens is 1. The Morgan fingerprint density at radius 1 is 1.42 bits per heavy atom. The monoisotopic (exact) mass is 285 g/mol. The van der Waals surface area contributed by atoms with Crippen molar-refractivity contribution in [3.05, 3.63) is 29.0 Å². The van der Waals surface area contributed by atoms with Crippen LogP contribution in [0.5, 0.6) is 0 Å². The van der Waals surface area contributed by atoms with E-state index in [1.54, 1.807) is 0 Å². The van der Waals surface area contributed by atoms with Crippen LogP contribution in [0, 0.1) is 0 Å². The summed E-state index contributed by atoms with van der Waals surface area (Å²) in [7, 11) is 0. The van der Waals surface area contributed by atoms with Gasteiger partial charge in [0.15, 0.2) is 0 Å². The fourth-order valence-electron chi connectivity index (χ4n) is 1.30. The van der Waals surface area contributed by atoms with Gasteiger partial charge in [-0.25, -0.2) is 9.78 Å². The number of nitrogens with one attached hydrogen (secondary N) is 1. The number of hydrogen-bond acceptors (Lipinski definition) is 4. The summed E-state index contributed by atoms with van der Waals surface area (Å²) < 4.78 is 0. The van der Waals surface area contributed by atoms with Crippen LogP contribution in [-0.4, -0.2) is 33.9 Å². The van der Waals surface area contributed by atoms with Gasteiger partial charge in [0, 0.05) is 12.6 Å². The van der Waals surface area contributed by atoms with Crippen molar-refractivity contribution in [2.75, 3.05) is 0 Å². The highest BCUT2D eigenvalue weighted by Gasteiger charge is 2.21. The van der Waals surface area contributed by atoms with Crippen LogP contribution in [0.1, 0.15) is 23.2 Å². The summed E-state index contributed by atoms with van der Waals surface area (Å²) in [6.45, 7) is 0. The molecule has 0 radical (unpaired) electrons. The van der Waals surface area contributed by atoms with Crippen molar-refractivity contribution >= 4 is 29.4 Å². The van der Waals surface area contributed by atoms with Crippen LogP contribution in [0.3, 0.4) is 0 Å². The van der Waals surface area contributed by atoms with Crippen molar-refractivity contribution in [3.8, 4) is 0 Å². The molecule has 0 aliphatic carbocycles. The highest BCUT2D eigenvalue weighted by Crippen LogP contribution is 2.06. The highest BCUT2D eigenvalue weighted by molar-refractivity contribution is 6.29. The van der Waals surface area contributed by atoms with Crippen LogP contribution >= 0.6 is 11.6 Å². The molecule has 1 heterocycles. The molecule has 102 valence electrons. The van der Waals surface area contributed by atoms with Crippen molar-refractivity contribution in [1.29, 1.82) is 0 Å². The predicted molar refractivity (Wildman–Crippen MR) is 66.6 cm³/mol. The molecule has 0 aliphatic heterocycles. The number of halogens is 1. The molecule has 0 bridgehead atoms. The number of pyridine rings is 1. The van der Waals surface area contributed by atoms with E-state index in [9.17, 15) is 14.4 Å². The number of nitrogens with zero attached hydrogens (tertiary/aromatic N) is 1. The van der Waals surface area contributed by atoms with Crippen LogP contribution in [0.4, 0.5) is 0 Å². The Hall–Kier alpha value is -2.15. The summed E-state index contributed by atoms with van der Waals surface area (Å²) in [5.74, 6) is -2.48. The maximum absolute atomic E-state index is 11.7. The van der Waals surface area contributed by atoms with Crippen LogP contribution in [0.15, 0.2) is 18.3 Å². The lowest BCUT2D eigenvalue weighted by molar-refractivity contribution is -0.139. The molecule has 4 N–H and O–H groups in total. The van der Waals surface area contributed by atoms with Gasteiger partial charge in [0.2, 0.25) is 5.91 Å². The molecule has 0 saturated heterocycles. The second-order valence-corrected chi connectivity index (χ2v) is 4.13. The van der Waals surface area contributed by atoms with Gasteiger partial charge in [-0.15, -0.1) is 0 Å². The van der Waals surface area contributed by atoms with Crippen molar-refractivity contribution in [2.24, 2.45) is 5.73 Å². The second-order valence-electron chi connectivity index (χ2n) is 3.74. The number of carboxylic acid groups (broad SMARTS) is 1. The van der Waals surface area contributed by atoms with Crippen molar-refractivity contribution < 1.29 is 19.5 Å². The number of carbonyl (C=O) groups is 3. The average molecular weight is 286 g/mol. The SMILES string of the molecule is NC(=O)CC[C@H](NC(=O)c1ccc(Cl)nc1)C(=O)O. The van der Waals surface area contributed by atoms with Gasteiger partial charge in [-0.3, -0.25) is 9.59 Å². The Morgan fingerprint density at radius 3 is 2.58 bits per heavy atom. The number of hydrogen-bond donors (Lipinski definition) is 3. The van der Waals surface area contributed by atoms with E-state index in [1.165, 1.54) is 18.3 Å². The topological polar surface area (TPSA) is 122 Å². The number of primary amides is 1. The van der Waals surface area contributed by atoms with E-state index in [0.717, 1.165) is 0 Å². The molecular formula is C11H12ClN3O4. The summed E-state index contributed by atoms with van der Waals surface area (Å²) in [5.41, 5.74) is 5.11. The molecule has 1 aromatic rings. The standard InChI is InChI=1S/C11H12ClN3O4/c12-8-3-1-6(5-14-8)10(17)15-7(11(18)19)2-4-9(13)16/h1,3,5,7H,2,4H2,(H2,13,16)(H,15,17)(H,18,19)/t7-/m0/s1. The number of aliphatic carboxylic acids is 1. The molecule has 7 nitrogen and oxygen atoms in total. The first-order valence-corrected chi connectivity index (χ1v) is 5.71. The lowest BCUT2D eigenvalue weighted by Gasteiger charge is -2.13. The maximum atomic E-state index is 11.7. The average Bonchev–Trinajstić information content (AvgIpc) is 2.34. The zero-order valence-corrected chi connectivity index (χ0v) is 10.6. The first kappa shape index (κ1) is 14.9. The maximum Gasteiger partial charge on any atom is 0.326 e. The first-order valence-electron chi connectivity index (χ1n) is 5.33.